The maximum absolute atomic E-state index is 13.1. The molecule has 3 nitrogen and oxygen atoms in total. The van der Waals surface area contributed by atoms with Gasteiger partial charge in [-0.3, -0.25) is 0 Å². The Labute approximate surface area is 106 Å². The van der Waals surface area contributed by atoms with Gasteiger partial charge >= 0.3 is 0 Å². The highest BCUT2D eigenvalue weighted by Gasteiger charge is 2.07. The zero-order chi connectivity index (χ0) is 12.3. The quantitative estimate of drug-likeness (QED) is 0.800. The van der Waals surface area contributed by atoms with Gasteiger partial charge in [0.1, 0.15) is 10.8 Å². The van der Waals surface area contributed by atoms with Crippen LogP contribution < -0.4 is 0 Å². The molecule has 0 bridgehead atoms. The second-order valence-electron chi connectivity index (χ2n) is 3.29. The number of aromatic nitrogens is 2. The predicted molar refractivity (Wildman–Crippen MR) is 65.3 cm³/mol. The first-order valence-electron chi connectivity index (χ1n) is 4.80. The van der Waals surface area contributed by atoms with Crippen LogP contribution in [-0.2, 0) is 5.75 Å². The molecule has 0 amide bonds. The van der Waals surface area contributed by atoms with Gasteiger partial charge in [-0.2, -0.15) is 5.26 Å². The van der Waals surface area contributed by atoms with Crippen LogP contribution in [0.15, 0.2) is 22.5 Å². The second-order valence-corrected chi connectivity index (χ2v) is 5.69. The molecule has 6 heteroatoms. The number of hydrogen-bond donors (Lipinski definition) is 0. The van der Waals surface area contributed by atoms with Gasteiger partial charge in [0, 0.05) is 5.75 Å². The summed E-state index contributed by atoms with van der Waals surface area (Å²) >= 11 is 2.95. The molecule has 0 N–H and O–H groups in total. The summed E-state index contributed by atoms with van der Waals surface area (Å²) < 4.78 is 13.9. The Morgan fingerprint density at radius 3 is 2.94 bits per heavy atom. The smallest absolute Gasteiger partial charge is 0.174 e. The van der Waals surface area contributed by atoms with Crippen LogP contribution in [0.5, 0.6) is 0 Å². The van der Waals surface area contributed by atoms with Gasteiger partial charge in [-0.05, 0) is 30.7 Å². The summed E-state index contributed by atoms with van der Waals surface area (Å²) in [6, 6.07) is 6.23. The van der Waals surface area contributed by atoms with Gasteiger partial charge in [-0.25, -0.2) is 4.39 Å². The lowest BCUT2D eigenvalue weighted by molar-refractivity contribution is 0.626. The molecule has 1 aromatic carbocycles. The lowest BCUT2D eigenvalue weighted by Gasteiger charge is -2.01. The Morgan fingerprint density at radius 2 is 2.29 bits per heavy atom. The van der Waals surface area contributed by atoms with Crippen LogP contribution in [0, 0.1) is 24.1 Å². The Balaban J connectivity index is 2.13. The molecule has 0 radical (unpaired) electrons. The summed E-state index contributed by atoms with van der Waals surface area (Å²) in [6.07, 6.45) is 0. The Kier molecular flexibility index (Phi) is 3.71. The van der Waals surface area contributed by atoms with Crippen LogP contribution in [0.1, 0.15) is 16.1 Å². The molecule has 0 saturated heterocycles. The van der Waals surface area contributed by atoms with E-state index in [0.29, 0.717) is 16.9 Å². The van der Waals surface area contributed by atoms with Crippen molar-refractivity contribution in [1.82, 2.24) is 10.2 Å². The molecule has 2 rings (SSSR count). The fraction of sp³-hybridized carbons (Fsp3) is 0.182. The van der Waals surface area contributed by atoms with E-state index in [-0.39, 0.29) is 5.82 Å². The molecule has 0 spiro atoms. The van der Waals surface area contributed by atoms with Crippen molar-refractivity contribution in [3.05, 3.63) is 40.2 Å². The van der Waals surface area contributed by atoms with Crippen molar-refractivity contribution in [3.63, 3.8) is 0 Å². The second kappa shape index (κ2) is 5.25. The van der Waals surface area contributed by atoms with E-state index in [1.165, 1.54) is 41.3 Å². The van der Waals surface area contributed by atoms with E-state index in [4.69, 9.17) is 5.26 Å². The third-order valence-electron chi connectivity index (χ3n) is 2.05. The van der Waals surface area contributed by atoms with Gasteiger partial charge in [-0.1, -0.05) is 23.1 Å². The van der Waals surface area contributed by atoms with Crippen molar-refractivity contribution < 1.29 is 4.39 Å². The molecular formula is C11H8FN3S2. The topological polar surface area (TPSA) is 49.6 Å². The Hall–Kier alpha value is -1.45. The van der Waals surface area contributed by atoms with Crippen molar-refractivity contribution in [3.8, 4) is 6.07 Å². The highest BCUT2D eigenvalue weighted by molar-refractivity contribution is 8.00. The highest BCUT2D eigenvalue weighted by Crippen LogP contribution is 2.27. The van der Waals surface area contributed by atoms with Crippen molar-refractivity contribution in [1.29, 1.82) is 5.26 Å². The summed E-state index contributed by atoms with van der Waals surface area (Å²) in [5.74, 6) is 0.197. The van der Waals surface area contributed by atoms with Crippen LogP contribution in [0.25, 0.3) is 0 Å². The largest absolute Gasteiger partial charge is 0.207 e. The van der Waals surface area contributed by atoms with Gasteiger partial charge < -0.3 is 0 Å². The molecule has 0 atom stereocenters. The number of rotatable bonds is 3. The molecule has 0 saturated carbocycles. The average Bonchev–Trinajstić information content (AvgIpc) is 2.73. The normalized spacial score (nSPS) is 10.2. The number of halogens is 1. The van der Waals surface area contributed by atoms with E-state index in [0.717, 1.165) is 9.35 Å². The number of nitrogens with zero attached hydrogens (tertiary/aromatic N) is 3. The molecule has 0 aliphatic rings. The van der Waals surface area contributed by atoms with Gasteiger partial charge in [0.2, 0.25) is 0 Å². The number of aryl methyl sites for hydroxylation is 1. The summed E-state index contributed by atoms with van der Waals surface area (Å²) in [6.45, 7) is 1.88. The van der Waals surface area contributed by atoms with E-state index in [2.05, 4.69) is 16.3 Å². The minimum absolute atomic E-state index is 0.326. The molecule has 1 heterocycles. The summed E-state index contributed by atoms with van der Waals surface area (Å²) in [5, 5.41) is 17.7. The lowest BCUT2D eigenvalue weighted by atomic mass is 10.1. The van der Waals surface area contributed by atoms with Crippen LogP contribution in [0.2, 0.25) is 0 Å². The maximum Gasteiger partial charge on any atom is 0.174 e. The fourth-order valence-corrected chi connectivity index (χ4v) is 3.07. The molecule has 1 aromatic heterocycles. The van der Waals surface area contributed by atoms with Crippen molar-refractivity contribution in [2.45, 2.75) is 17.0 Å². The van der Waals surface area contributed by atoms with Gasteiger partial charge in [-0.15, -0.1) is 10.2 Å². The molecule has 2 aromatic rings. The van der Waals surface area contributed by atoms with E-state index >= 15 is 0 Å². The molecular weight excluding hydrogens is 257 g/mol. The summed E-state index contributed by atoms with van der Waals surface area (Å²) in [5.41, 5.74) is 1.19. The molecule has 17 heavy (non-hydrogen) atoms. The van der Waals surface area contributed by atoms with Crippen molar-refractivity contribution in [2.75, 3.05) is 0 Å². The zero-order valence-electron chi connectivity index (χ0n) is 8.98. The average molecular weight is 265 g/mol. The van der Waals surface area contributed by atoms with E-state index in [1.54, 1.807) is 0 Å². The Morgan fingerprint density at radius 1 is 1.47 bits per heavy atom. The van der Waals surface area contributed by atoms with Crippen molar-refractivity contribution in [2.24, 2.45) is 0 Å². The minimum atomic E-state index is -0.326. The Bertz CT molecular complexity index is 574. The van der Waals surface area contributed by atoms with Crippen LogP contribution in [0.3, 0.4) is 0 Å². The highest BCUT2D eigenvalue weighted by atomic mass is 32.2. The third kappa shape index (κ3) is 3.02. The summed E-state index contributed by atoms with van der Waals surface area (Å²) in [4.78, 5) is 0. The monoisotopic (exact) mass is 265 g/mol. The third-order valence-corrected chi connectivity index (χ3v) is 4.07. The molecule has 0 aliphatic carbocycles. The lowest BCUT2D eigenvalue weighted by Crippen LogP contribution is -1.89. The molecule has 86 valence electrons. The zero-order valence-corrected chi connectivity index (χ0v) is 10.6. The van der Waals surface area contributed by atoms with Gasteiger partial charge in [0.15, 0.2) is 4.34 Å². The first-order chi connectivity index (χ1) is 8.19. The predicted octanol–water partition coefficient (Wildman–Crippen LogP) is 3.15. The van der Waals surface area contributed by atoms with E-state index < -0.39 is 0 Å². The first-order valence-corrected chi connectivity index (χ1v) is 6.60. The maximum atomic E-state index is 13.1. The number of thioether (sulfide) groups is 1. The molecule has 0 unspecified atom stereocenters. The van der Waals surface area contributed by atoms with Crippen LogP contribution in [-0.4, -0.2) is 10.2 Å². The number of hydrogen-bond acceptors (Lipinski definition) is 5. The SMILES string of the molecule is Cc1nnc(SCc2cc(F)ccc2C#N)s1. The van der Waals surface area contributed by atoms with Crippen LogP contribution >= 0.6 is 23.1 Å². The summed E-state index contributed by atoms with van der Waals surface area (Å²) in [7, 11) is 0. The minimum Gasteiger partial charge on any atom is -0.207 e. The standard InChI is InChI=1S/C11H8FN3S2/c1-7-14-15-11(17-7)16-6-9-4-10(12)3-2-8(9)5-13/h2-4H,6H2,1H3. The van der Waals surface area contributed by atoms with Crippen molar-refractivity contribution >= 4 is 23.1 Å². The molecule has 0 fully saturated rings. The van der Waals surface area contributed by atoms with Gasteiger partial charge in [0.05, 0.1) is 11.6 Å². The number of benzene rings is 1. The fourth-order valence-electron chi connectivity index (χ4n) is 1.27. The van der Waals surface area contributed by atoms with E-state index in [1.807, 2.05) is 6.92 Å². The number of nitriles is 1. The van der Waals surface area contributed by atoms with E-state index in [9.17, 15) is 4.39 Å². The van der Waals surface area contributed by atoms with Gasteiger partial charge in [0.25, 0.3) is 0 Å². The molecule has 0 aliphatic heterocycles. The first kappa shape index (κ1) is 12.0. The van der Waals surface area contributed by atoms with Crippen LogP contribution in [0.4, 0.5) is 4.39 Å².